The molecular formula is C11H11N3O2. The number of hydrogen-bond donors (Lipinski definition) is 1. The largest absolute Gasteiger partial charge is 0.465 e. The van der Waals surface area contributed by atoms with Gasteiger partial charge in [0.15, 0.2) is 0 Å². The number of hydrogen-bond acceptors (Lipinski definition) is 4. The molecule has 0 radical (unpaired) electrons. The first-order valence-electron chi connectivity index (χ1n) is 4.70. The second-order valence-corrected chi connectivity index (χ2v) is 3.20. The normalized spacial score (nSPS) is 10.1. The summed E-state index contributed by atoms with van der Waals surface area (Å²) in [6.07, 6.45) is 3.33. The van der Waals surface area contributed by atoms with Gasteiger partial charge >= 0.3 is 5.97 Å². The smallest absolute Gasteiger partial charge is 0.337 e. The number of carbonyl (C=O) groups excluding carboxylic acids is 1. The highest BCUT2D eigenvalue weighted by Crippen LogP contribution is 2.14. The lowest BCUT2D eigenvalue weighted by molar-refractivity contribution is 0.0600. The molecule has 0 fully saturated rings. The van der Waals surface area contributed by atoms with Crippen LogP contribution in [-0.4, -0.2) is 22.6 Å². The molecule has 2 rings (SSSR count). The highest BCUT2D eigenvalue weighted by molar-refractivity contribution is 5.89. The van der Waals surface area contributed by atoms with Crippen LogP contribution in [0.5, 0.6) is 0 Å². The van der Waals surface area contributed by atoms with E-state index in [2.05, 4.69) is 9.72 Å². The van der Waals surface area contributed by atoms with Gasteiger partial charge in [0, 0.05) is 18.1 Å². The minimum Gasteiger partial charge on any atom is -0.465 e. The molecule has 1 aromatic carbocycles. The molecule has 2 N–H and O–H groups in total. The third-order valence-electron chi connectivity index (χ3n) is 2.21. The topological polar surface area (TPSA) is 70.1 Å². The summed E-state index contributed by atoms with van der Waals surface area (Å²) in [6.45, 7) is 0. The molecule has 1 aromatic heterocycles. The Hall–Kier alpha value is -2.30. The number of carbonyl (C=O) groups is 1. The van der Waals surface area contributed by atoms with E-state index in [1.807, 2.05) is 6.07 Å². The monoisotopic (exact) mass is 217 g/mol. The van der Waals surface area contributed by atoms with Crippen molar-refractivity contribution in [2.45, 2.75) is 0 Å². The number of methoxy groups -OCH3 is 1. The standard InChI is InChI=1S/C11H11N3O2/c1-16-10(15)8-3-2-4-9(7-8)14-6-5-13-11(14)12/h2-7H,1H3,(H2,12,13). The summed E-state index contributed by atoms with van der Waals surface area (Å²) in [5.74, 6) is 0.00236. The van der Waals surface area contributed by atoms with Crippen molar-refractivity contribution in [2.75, 3.05) is 12.8 Å². The number of nitrogens with zero attached hydrogens (tertiary/aromatic N) is 2. The Morgan fingerprint density at radius 1 is 1.50 bits per heavy atom. The molecule has 5 nitrogen and oxygen atoms in total. The van der Waals surface area contributed by atoms with E-state index in [1.165, 1.54) is 7.11 Å². The molecule has 1 heterocycles. The predicted octanol–water partition coefficient (Wildman–Crippen LogP) is 1.24. The maximum Gasteiger partial charge on any atom is 0.337 e. The number of anilines is 1. The van der Waals surface area contributed by atoms with Crippen molar-refractivity contribution in [3.63, 3.8) is 0 Å². The predicted molar refractivity (Wildman–Crippen MR) is 59.3 cm³/mol. The van der Waals surface area contributed by atoms with Crippen molar-refractivity contribution >= 4 is 11.9 Å². The zero-order valence-corrected chi connectivity index (χ0v) is 8.75. The van der Waals surface area contributed by atoms with Gasteiger partial charge in [0.1, 0.15) is 0 Å². The Balaban J connectivity index is 2.44. The molecule has 0 aliphatic rings. The van der Waals surface area contributed by atoms with Crippen LogP contribution in [0.25, 0.3) is 5.69 Å². The van der Waals surface area contributed by atoms with Crippen molar-refractivity contribution < 1.29 is 9.53 Å². The third-order valence-corrected chi connectivity index (χ3v) is 2.21. The lowest BCUT2D eigenvalue weighted by Crippen LogP contribution is -2.04. The van der Waals surface area contributed by atoms with Gasteiger partial charge in [-0.2, -0.15) is 0 Å². The van der Waals surface area contributed by atoms with Crippen LogP contribution < -0.4 is 5.73 Å². The Labute approximate surface area is 92.5 Å². The maximum atomic E-state index is 11.3. The van der Waals surface area contributed by atoms with Crippen LogP contribution in [0.2, 0.25) is 0 Å². The summed E-state index contributed by atoms with van der Waals surface area (Å²) in [5.41, 5.74) is 6.92. The number of imidazole rings is 1. The molecule has 0 saturated heterocycles. The first-order chi connectivity index (χ1) is 7.72. The molecular weight excluding hydrogens is 206 g/mol. The summed E-state index contributed by atoms with van der Waals surface area (Å²) in [4.78, 5) is 15.3. The lowest BCUT2D eigenvalue weighted by Gasteiger charge is -2.06. The second-order valence-electron chi connectivity index (χ2n) is 3.20. The number of rotatable bonds is 2. The Morgan fingerprint density at radius 3 is 2.94 bits per heavy atom. The van der Waals surface area contributed by atoms with Crippen molar-refractivity contribution in [3.05, 3.63) is 42.2 Å². The summed E-state index contributed by atoms with van der Waals surface area (Å²) < 4.78 is 6.33. The van der Waals surface area contributed by atoms with Crippen LogP contribution in [0, 0.1) is 0 Å². The van der Waals surface area contributed by atoms with Crippen molar-refractivity contribution in [1.29, 1.82) is 0 Å². The summed E-state index contributed by atoms with van der Waals surface area (Å²) in [6, 6.07) is 6.98. The Kier molecular flexibility index (Phi) is 2.59. The number of benzene rings is 1. The van der Waals surface area contributed by atoms with Crippen molar-refractivity contribution in [3.8, 4) is 5.69 Å². The minimum atomic E-state index is -0.375. The fourth-order valence-electron chi connectivity index (χ4n) is 1.43. The van der Waals surface area contributed by atoms with Gasteiger partial charge in [-0.25, -0.2) is 9.78 Å². The zero-order valence-electron chi connectivity index (χ0n) is 8.75. The van der Waals surface area contributed by atoms with Crippen LogP contribution in [0.1, 0.15) is 10.4 Å². The highest BCUT2D eigenvalue weighted by atomic mass is 16.5. The quantitative estimate of drug-likeness (QED) is 0.768. The van der Waals surface area contributed by atoms with Gasteiger partial charge in [-0.15, -0.1) is 0 Å². The Bertz CT molecular complexity index is 519. The average Bonchev–Trinajstić information content (AvgIpc) is 2.74. The molecule has 2 aromatic rings. The van der Waals surface area contributed by atoms with Gasteiger partial charge in [-0.05, 0) is 18.2 Å². The van der Waals surface area contributed by atoms with Crippen LogP contribution in [0.15, 0.2) is 36.7 Å². The van der Waals surface area contributed by atoms with E-state index < -0.39 is 0 Å². The molecule has 5 heteroatoms. The molecule has 0 saturated carbocycles. The van der Waals surface area contributed by atoms with Crippen molar-refractivity contribution in [1.82, 2.24) is 9.55 Å². The first kappa shape index (κ1) is 10.2. The molecule has 0 unspecified atom stereocenters. The fraction of sp³-hybridized carbons (Fsp3) is 0.0909. The molecule has 16 heavy (non-hydrogen) atoms. The molecule has 0 aliphatic heterocycles. The van der Waals surface area contributed by atoms with Gasteiger partial charge in [-0.3, -0.25) is 4.57 Å². The maximum absolute atomic E-state index is 11.3. The number of aromatic nitrogens is 2. The van der Waals surface area contributed by atoms with Gasteiger partial charge in [0.25, 0.3) is 0 Å². The van der Waals surface area contributed by atoms with Gasteiger partial charge in [0.05, 0.1) is 12.7 Å². The van der Waals surface area contributed by atoms with Crippen LogP contribution in [0.3, 0.4) is 0 Å². The van der Waals surface area contributed by atoms with Crippen molar-refractivity contribution in [2.24, 2.45) is 0 Å². The molecule has 0 atom stereocenters. The van der Waals surface area contributed by atoms with E-state index >= 15 is 0 Å². The average molecular weight is 217 g/mol. The van der Waals surface area contributed by atoms with E-state index in [0.29, 0.717) is 11.5 Å². The van der Waals surface area contributed by atoms with Gasteiger partial charge < -0.3 is 10.5 Å². The van der Waals surface area contributed by atoms with E-state index in [0.717, 1.165) is 5.69 Å². The number of esters is 1. The van der Waals surface area contributed by atoms with Gasteiger partial charge in [-0.1, -0.05) is 6.07 Å². The fourth-order valence-corrected chi connectivity index (χ4v) is 1.43. The van der Waals surface area contributed by atoms with Gasteiger partial charge in [0.2, 0.25) is 5.95 Å². The SMILES string of the molecule is COC(=O)c1cccc(-n2ccnc2N)c1. The van der Waals surface area contributed by atoms with E-state index in [1.54, 1.807) is 35.2 Å². The summed E-state index contributed by atoms with van der Waals surface area (Å²) in [7, 11) is 1.35. The molecule has 0 aliphatic carbocycles. The zero-order chi connectivity index (χ0) is 11.5. The number of nitrogens with two attached hydrogens (primary N) is 1. The summed E-state index contributed by atoms with van der Waals surface area (Å²) in [5, 5.41) is 0. The molecule has 0 spiro atoms. The third kappa shape index (κ3) is 1.75. The first-order valence-corrected chi connectivity index (χ1v) is 4.70. The molecule has 82 valence electrons. The molecule has 0 bridgehead atoms. The van der Waals surface area contributed by atoms with Crippen LogP contribution >= 0.6 is 0 Å². The minimum absolute atomic E-state index is 0.375. The van der Waals surface area contributed by atoms with E-state index in [9.17, 15) is 4.79 Å². The lowest BCUT2D eigenvalue weighted by atomic mass is 10.2. The number of ether oxygens (including phenoxy) is 1. The van der Waals surface area contributed by atoms with E-state index in [4.69, 9.17) is 5.73 Å². The number of nitrogen functional groups attached to an aromatic ring is 1. The van der Waals surface area contributed by atoms with Crippen LogP contribution in [-0.2, 0) is 4.74 Å². The van der Waals surface area contributed by atoms with Crippen LogP contribution in [0.4, 0.5) is 5.95 Å². The second kappa shape index (κ2) is 4.06. The summed E-state index contributed by atoms with van der Waals surface area (Å²) >= 11 is 0. The highest BCUT2D eigenvalue weighted by Gasteiger charge is 2.07. The van der Waals surface area contributed by atoms with E-state index in [-0.39, 0.29) is 5.97 Å². The molecule has 0 amide bonds. The Morgan fingerprint density at radius 2 is 2.31 bits per heavy atom.